The zero-order valence-electron chi connectivity index (χ0n) is 12.5. The van der Waals surface area contributed by atoms with E-state index >= 15 is 0 Å². The highest BCUT2D eigenvalue weighted by Gasteiger charge is 2.51. The quantitative estimate of drug-likeness (QED) is 0.757. The fourth-order valence-corrected chi connectivity index (χ4v) is 2.38. The Balaban J connectivity index is 2.15. The molecule has 0 spiro atoms. The van der Waals surface area contributed by atoms with E-state index in [0.717, 1.165) is 12.8 Å². The number of carboxylic acids is 1. The number of carbonyl (C=O) groups is 1. The highest BCUT2D eigenvalue weighted by atomic mass is 16.5. The van der Waals surface area contributed by atoms with Crippen molar-refractivity contribution in [2.45, 2.75) is 18.4 Å². The molecule has 1 atom stereocenters. The van der Waals surface area contributed by atoms with Crippen LogP contribution in [0.3, 0.4) is 0 Å². The molecular formula is C15H21NO5. The van der Waals surface area contributed by atoms with Gasteiger partial charge >= 0.3 is 5.97 Å². The summed E-state index contributed by atoms with van der Waals surface area (Å²) in [6.07, 6.45) is 1.80. The van der Waals surface area contributed by atoms with E-state index in [-0.39, 0.29) is 12.5 Å². The van der Waals surface area contributed by atoms with Gasteiger partial charge in [-0.15, -0.1) is 0 Å². The van der Waals surface area contributed by atoms with E-state index in [1.165, 1.54) is 0 Å². The Hall–Kier alpha value is -1.95. The van der Waals surface area contributed by atoms with Crippen molar-refractivity contribution >= 4 is 5.97 Å². The fraction of sp³-hybridized carbons (Fsp3) is 0.533. The molecule has 0 heterocycles. The SMILES string of the molecule is CNC(COc1cc(OC)cc(OC)c1)(C(=O)O)C1CC1. The largest absolute Gasteiger partial charge is 0.496 e. The molecule has 1 aromatic rings. The van der Waals surface area contributed by atoms with Crippen LogP contribution in [-0.4, -0.2) is 44.5 Å². The topological polar surface area (TPSA) is 77.0 Å². The van der Waals surface area contributed by atoms with Crippen molar-refractivity contribution in [3.63, 3.8) is 0 Å². The molecule has 0 bridgehead atoms. The average Bonchev–Trinajstić information content (AvgIpc) is 3.32. The predicted molar refractivity (Wildman–Crippen MR) is 77.2 cm³/mol. The van der Waals surface area contributed by atoms with Gasteiger partial charge in [-0.05, 0) is 25.8 Å². The molecule has 21 heavy (non-hydrogen) atoms. The van der Waals surface area contributed by atoms with Crippen LogP contribution >= 0.6 is 0 Å². The van der Waals surface area contributed by atoms with Crippen molar-refractivity contribution in [3.05, 3.63) is 18.2 Å². The van der Waals surface area contributed by atoms with E-state index in [1.807, 2.05) is 0 Å². The maximum atomic E-state index is 11.6. The first-order valence-electron chi connectivity index (χ1n) is 6.84. The molecule has 1 fully saturated rings. The molecule has 1 aliphatic carbocycles. The maximum Gasteiger partial charge on any atom is 0.327 e. The standard InChI is InChI=1S/C15H21NO5/c1-16-15(14(17)18,10-4-5-10)9-21-13-7-11(19-2)6-12(8-13)20-3/h6-8,10,16H,4-5,9H2,1-3H3,(H,17,18). The highest BCUT2D eigenvalue weighted by Crippen LogP contribution is 2.40. The molecule has 0 radical (unpaired) electrons. The molecular weight excluding hydrogens is 274 g/mol. The van der Waals surface area contributed by atoms with E-state index in [1.54, 1.807) is 39.5 Å². The second-order valence-electron chi connectivity index (χ2n) is 5.14. The Morgan fingerprint density at radius 2 is 1.76 bits per heavy atom. The van der Waals surface area contributed by atoms with Crippen molar-refractivity contribution in [2.75, 3.05) is 27.9 Å². The van der Waals surface area contributed by atoms with Crippen LogP contribution in [0.5, 0.6) is 17.2 Å². The molecule has 1 unspecified atom stereocenters. The predicted octanol–water partition coefficient (Wildman–Crippen LogP) is 1.54. The molecule has 0 aromatic heterocycles. The summed E-state index contributed by atoms with van der Waals surface area (Å²) < 4.78 is 16.0. The van der Waals surface area contributed by atoms with Gasteiger partial charge in [-0.1, -0.05) is 0 Å². The Morgan fingerprint density at radius 1 is 1.24 bits per heavy atom. The van der Waals surface area contributed by atoms with E-state index in [0.29, 0.717) is 17.2 Å². The van der Waals surface area contributed by atoms with Crippen molar-refractivity contribution in [1.29, 1.82) is 0 Å². The van der Waals surface area contributed by atoms with Crippen LogP contribution in [0.1, 0.15) is 12.8 Å². The van der Waals surface area contributed by atoms with Crippen LogP contribution in [0.15, 0.2) is 18.2 Å². The zero-order chi connectivity index (χ0) is 15.5. The van der Waals surface area contributed by atoms with Gasteiger partial charge in [0.05, 0.1) is 14.2 Å². The van der Waals surface area contributed by atoms with Crippen molar-refractivity contribution in [3.8, 4) is 17.2 Å². The third-order valence-corrected chi connectivity index (χ3v) is 3.89. The number of nitrogens with one attached hydrogen (secondary N) is 1. The van der Waals surface area contributed by atoms with Gasteiger partial charge < -0.3 is 24.6 Å². The first kappa shape index (κ1) is 15.4. The number of benzene rings is 1. The lowest BCUT2D eigenvalue weighted by Gasteiger charge is -2.29. The molecule has 6 heteroatoms. The van der Waals surface area contributed by atoms with Crippen LogP contribution in [0.25, 0.3) is 0 Å². The van der Waals surface area contributed by atoms with Gasteiger partial charge in [-0.3, -0.25) is 4.79 Å². The first-order valence-corrected chi connectivity index (χ1v) is 6.84. The van der Waals surface area contributed by atoms with Gasteiger partial charge in [0.2, 0.25) is 0 Å². The Morgan fingerprint density at radius 3 is 2.14 bits per heavy atom. The minimum atomic E-state index is -1.05. The molecule has 2 N–H and O–H groups in total. The monoisotopic (exact) mass is 295 g/mol. The van der Waals surface area contributed by atoms with Crippen LogP contribution in [0.4, 0.5) is 0 Å². The highest BCUT2D eigenvalue weighted by molar-refractivity contribution is 5.80. The van der Waals surface area contributed by atoms with Crippen LogP contribution in [-0.2, 0) is 4.79 Å². The molecule has 1 saturated carbocycles. The number of hydrogen-bond acceptors (Lipinski definition) is 5. The van der Waals surface area contributed by atoms with Gasteiger partial charge in [0.1, 0.15) is 23.9 Å². The van der Waals surface area contributed by atoms with Gasteiger partial charge in [0.15, 0.2) is 5.54 Å². The smallest absolute Gasteiger partial charge is 0.327 e. The summed E-state index contributed by atoms with van der Waals surface area (Å²) in [6.45, 7) is 0.0554. The molecule has 0 aliphatic heterocycles. The zero-order valence-corrected chi connectivity index (χ0v) is 12.5. The average molecular weight is 295 g/mol. The number of carboxylic acid groups (broad SMARTS) is 1. The first-order chi connectivity index (χ1) is 10.1. The molecule has 1 aliphatic rings. The number of hydrogen-bond donors (Lipinski definition) is 2. The van der Waals surface area contributed by atoms with Crippen LogP contribution in [0, 0.1) is 5.92 Å². The molecule has 116 valence electrons. The van der Waals surface area contributed by atoms with E-state index in [2.05, 4.69) is 5.32 Å². The second kappa shape index (κ2) is 6.22. The number of methoxy groups -OCH3 is 2. The summed E-state index contributed by atoms with van der Waals surface area (Å²) in [5.74, 6) is 0.935. The third kappa shape index (κ3) is 3.21. The van der Waals surface area contributed by atoms with Gasteiger partial charge in [0, 0.05) is 18.2 Å². The van der Waals surface area contributed by atoms with E-state index < -0.39 is 11.5 Å². The minimum absolute atomic E-state index is 0.0554. The minimum Gasteiger partial charge on any atom is -0.496 e. The summed E-state index contributed by atoms with van der Waals surface area (Å²) in [7, 11) is 4.76. The van der Waals surface area contributed by atoms with Crippen LogP contribution < -0.4 is 19.5 Å². The number of aliphatic carboxylic acids is 1. The van der Waals surface area contributed by atoms with Gasteiger partial charge in [-0.2, -0.15) is 0 Å². The van der Waals surface area contributed by atoms with Gasteiger partial charge in [0.25, 0.3) is 0 Å². The molecule has 1 aromatic carbocycles. The Bertz CT molecular complexity index is 493. The summed E-state index contributed by atoms with van der Waals surface area (Å²) in [5.41, 5.74) is -1.05. The van der Waals surface area contributed by atoms with E-state index in [9.17, 15) is 9.90 Å². The van der Waals surface area contributed by atoms with Crippen LogP contribution in [0.2, 0.25) is 0 Å². The normalized spacial score (nSPS) is 16.9. The molecule has 6 nitrogen and oxygen atoms in total. The van der Waals surface area contributed by atoms with E-state index in [4.69, 9.17) is 14.2 Å². The van der Waals surface area contributed by atoms with Gasteiger partial charge in [-0.25, -0.2) is 0 Å². The van der Waals surface area contributed by atoms with Crippen molar-refractivity contribution in [1.82, 2.24) is 5.32 Å². The summed E-state index contributed by atoms with van der Waals surface area (Å²) in [6, 6.07) is 5.14. The summed E-state index contributed by atoms with van der Waals surface area (Å²) in [5, 5.41) is 12.4. The number of likely N-dealkylation sites (N-methyl/N-ethyl adjacent to an activating group) is 1. The third-order valence-electron chi connectivity index (χ3n) is 3.89. The summed E-state index contributed by atoms with van der Waals surface area (Å²) >= 11 is 0. The second-order valence-corrected chi connectivity index (χ2v) is 5.14. The molecule has 0 amide bonds. The number of ether oxygens (including phenoxy) is 3. The Labute approximate surface area is 124 Å². The summed E-state index contributed by atoms with van der Waals surface area (Å²) in [4.78, 5) is 11.6. The maximum absolute atomic E-state index is 11.6. The van der Waals surface area contributed by atoms with Crippen molar-refractivity contribution < 1.29 is 24.1 Å². The fourth-order valence-electron chi connectivity index (χ4n) is 2.38. The molecule has 0 saturated heterocycles. The Kier molecular flexibility index (Phi) is 4.57. The lowest BCUT2D eigenvalue weighted by Crippen LogP contribution is -2.56. The number of rotatable bonds is 8. The lowest BCUT2D eigenvalue weighted by molar-refractivity contribution is -0.147. The van der Waals surface area contributed by atoms with Crippen molar-refractivity contribution in [2.24, 2.45) is 5.92 Å². The lowest BCUT2D eigenvalue weighted by atomic mass is 9.94. The molecule has 2 rings (SSSR count).